The van der Waals surface area contributed by atoms with Gasteiger partial charge in [0.15, 0.2) is 8.32 Å². The fourth-order valence-corrected chi connectivity index (χ4v) is 5.51. The number of benzene rings is 3. The molecule has 2 N–H and O–H groups in total. The van der Waals surface area contributed by atoms with E-state index in [1.54, 1.807) is 6.08 Å². The molecule has 228 valence electrons. The Kier molecular flexibility index (Phi) is 10.6. The summed E-state index contributed by atoms with van der Waals surface area (Å²) in [5.74, 6) is -0.242. The van der Waals surface area contributed by atoms with E-state index in [0.717, 1.165) is 48.2 Å². The molecule has 0 saturated carbocycles. The van der Waals surface area contributed by atoms with Gasteiger partial charge < -0.3 is 19.4 Å². The van der Waals surface area contributed by atoms with Crippen LogP contribution in [0.5, 0.6) is 0 Å². The Hall–Kier alpha value is -3.72. The van der Waals surface area contributed by atoms with Crippen LogP contribution in [0, 0.1) is 0 Å². The smallest absolute Gasteiger partial charge is 0.411 e. The summed E-state index contributed by atoms with van der Waals surface area (Å²) in [7, 11) is 0.244. The first kappa shape index (κ1) is 32.2. The van der Waals surface area contributed by atoms with Crippen molar-refractivity contribution in [1.82, 2.24) is 4.90 Å². The third-order valence-electron chi connectivity index (χ3n) is 8.36. The van der Waals surface area contributed by atoms with E-state index in [0.29, 0.717) is 18.0 Å². The molecule has 1 aliphatic heterocycles. The summed E-state index contributed by atoms with van der Waals surface area (Å²) >= 11 is 0. The van der Waals surface area contributed by atoms with Gasteiger partial charge in [-0.3, -0.25) is 10.1 Å². The Bertz CT molecular complexity index is 1410. The lowest BCUT2D eigenvalue weighted by atomic mass is 10.0. The van der Waals surface area contributed by atoms with Gasteiger partial charge in [0.25, 0.3) is 0 Å². The van der Waals surface area contributed by atoms with Gasteiger partial charge in [0.05, 0.1) is 12.3 Å². The van der Waals surface area contributed by atoms with Gasteiger partial charge in [-0.1, -0.05) is 75.4 Å². The van der Waals surface area contributed by atoms with Crippen LogP contribution in [0.4, 0.5) is 16.2 Å². The molecule has 0 spiro atoms. The summed E-state index contributed by atoms with van der Waals surface area (Å²) in [6.45, 7) is 13.5. The molecule has 1 heterocycles. The first-order valence-corrected chi connectivity index (χ1v) is 17.9. The highest BCUT2D eigenvalue weighted by atomic mass is 28.4. The van der Waals surface area contributed by atoms with Crippen molar-refractivity contribution in [2.75, 3.05) is 30.8 Å². The minimum atomic E-state index is -1.83. The van der Waals surface area contributed by atoms with E-state index in [4.69, 9.17) is 9.16 Å². The van der Waals surface area contributed by atoms with Crippen molar-refractivity contribution in [2.45, 2.75) is 64.5 Å². The number of rotatable bonds is 9. The van der Waals surface area contributed by atoms with Crippen LogP contribution in [0.2, 0.25) is 18.1 Å². The predicted molar refractivity (Wildman–Crippen MR) is 179 cm³/mol. The molecule has 2 amide bonds. The van der Waals surface area contributed by atoms with Crippen molar-refractivity contribution in [3.63, 3.8) is 0 Å². The van der Waals surface area contributed by atoms with Crippen LogP contribution in [0.15, 0.2) is 78.9 Å². The Morgan fingerprint density at radius 1 is 0.953 bits per heavy atom. The zero-order valence-corrected chi connectivity index (χ0v) is 27.3. The molecule has 4 rings (SSSR count). The average Bonchev–Trinajstić information content (AvgIpc) is 2.97. The lowest BCUT2D eigenvalue weighted by Crippen LogP contribution is -2.40. The van der Waals surface area contributed by atoms with Gasteiger partial charge in [0.2, 0.25) is 5.91 Å². The number of nitrogens with one attached hydrogen (secondary N) is 2. The van der Waals surface area contributed by atoms with E-state index < -0.39 is 14.4 Å². The molecule has 0 bridgehead atoms. The van der Waals surface area contributed by atoms with Crippen molar-refractivity contribution in [2.24, 2.45) is 0 Å². The Balaban J connectivity index is 1.40. The van der Waals surface area contributed by atoms with Crippen LogP contribution in [0.25, 0.3) is 17.2 Å². The minimum absolute atomic E-state index is 0.0954. The normalized spacial score (nSPS) is 14.9. The molecular weight excluding hydrogens is 554 g/mol. The molecule has 0 aliphatic carbocycles. The first-order valence-electron chi connectivity index (χ1n) is 15.0. The number of amides is 2. The lowest BCUT2D eigenvalue weighted by Gasteiger charge is -2.36. The quantitative estimate of drug-likeness (QED) is 0.192. The van der Waals surface area contributed by atoms with Gasteiger partial charge in [-0.15, -0.1) is 0 Å². The van der Waals surface area contributed by atoms with Crippen LogP contribution in [-0.4, -0.2) is 51.5 Å². The van der Waals surface area contributed by atoms with E-state index in [1.807, 2.05) is 72.8 Å². The van der Waals surface area contributed by atoms with Crippen LogP contribution in [-0.2, 0) is 20.6 Å². The van der Waals surface area contributed by atoms with Crippen LogP contribution < -0.4 is 10.6 Å². The highest BCUT2D eigenvalue weighted by molar-refractivity contribution is 6.74. The second-order valence-electron chi connectivity index (χ2n) is 12.8. The molecule has 7 nitrogen and oxygen atoms in total. The largest absolute Gasteiger partial charge is 0.446 e. The second kappa shape index (κ2) is 14.2. The summed E-state index contributed by atoms with van der Waals surface area (Å²) in [5, 5.41) is 6.02. The second-order valence-corrected chi connectivity index (χ2v) is 17.6. The molecule has 3 aromatic carbocycles. The van der Waals surface area contributed by atoms with Crippen molar-refractivity contribution in [3.8, 4) is 11.1 Å². The minimum Gasteiger partial charge on any atom is -0.446 e. The summed E-state index contributed by atoms with van der Waals surface area (Å²) in [5.41, 5.74) is 5.05. The summed E-state index contributed by atoms with van der Waals surface area (Å²) in [4.78, 5) is 27.8. The topological polar surface area (TPSA) is 79.9 Å². The van der Waals surface area contributed by atoms with Gasteiger partial charge in [-0.2, -0.15) is 0 Å². The number of ether oxygens (including phenoxy) is 1. The van der Waals surface area contributed by atoms with E-state index in [1.165, 1.54) is 6.08 Å². The molecule has 0 atom stereocenters. The van der Waals surface area contributed by atoms with Crippen LogP contribution in [0.1, 0.15) is 44.7 Å². The fourth-order valence-electron chi connectivity index (χ4n) is 4.55. The maximum absolute atomic E-state index is 12.8. The van der Waals surface area contributed by atoms with Crippen molar-refractivity contribution in [1.29, 1.82) is 0 Å². The van der Waals surface area contributed by atoms with Crippen molar-refractivity contribution < 1.29 is 18.8 Å². The van der Waals surface area contributed by atoms with Gasteiger partial charge in [0, 0.05) is 30.4 Å². The molecular formula is C35H45N3O4Si. The maximum Gasteiger partial charge on any atom is 0.411 e. The SMILES string of the molecule is CN1CCC(OC(=O)Nc2cc(/C=C/C(=O)Nc3ccc(CO[Si](C)(C)C(C)(C)C)cc3)ccc2-c2ccccc2)CC1. The number of piperidine rings is 1. The Morgan fingerprint density at radius 2 is 1.63 bits per heavy atom. The third kappa shape index (κ3) is 9.38. The maximum atomic E-state index is 12.8. The molecule has 0 radical (unpaired) electrons. The zero-order chi connectivity index (χ0) is 31.0. The van der Waals surface area contributed by atoms with Crippen LogP contribution >= 0.6 is 0 Å². The third-order valence-corrected chi connectivity index (χ3v) is 12.8. The molecule has 0 unspecified atom stereocenters. The fraction of sp³-hybridized carbons (Fsp3) is 0.371. The highest BCUT2D eigenvalue weighted by Crippen LogP contribution is 2.37. The van der Waals surface area contributed by atoms with E-state index in [9.17, 15) is 9.59 Å². The lowest BCUT2D eigenvalue weighted by molar-refractivity contribution is -0.111. The average molecular weight is 600 g/mol. The monoisotopic (exact) mass is 599 g/mol. The summed E-state index contributed by atoms with van der Waals surface area (Å²) in [6.07, 6.45) is 4.30. The van der Waals surface area contributed by atoms with E-state index in [-0.39, 0.29) is 17.0 Å². The summed E-state index contributed by atoms with van der Waals surface area (Å²) < 4.78 is 12.0. The highest BCUT2D eigenvalue weighted by Gasteiger charge is 2.37. The predicted octanol–water partition coefficient (Wildman–Crippen LogP) is 8.17. The van der Waals surface area contributed by atoms with E-state index in [2.05, 4.69) is 56.4 Å². The zero-order valence-electron chi connectivity index (χ0n) is 26.3. The number of carbonyl (C=O) groups is 2. The van der Waals surface area contributed by atoms with Gasteiger partial charge in [-0.25, -0.2) is 4.79 Å². The summed E-state index contributed by atoms with van der Waals surface area (Å²) in [6, 6.07) is 23.4. The van der Waals surface area contributed by atoms with Crippen molar-refractivity contribution in [3.05, 3.63) is 90.0 Å². The number of hydrogen-bond acceptors (Lipinski definition) is 5. The van der Waals surface area contributed by atoms with Gasteiger partial charge in [-0.05, 0) is 79.0 Å². The molecule has 8 heteroatoms. The Labute approximate surface area is 257 Å². The molecule has 1 fully saturated rings. The number of nitrogens with zero attached hydrogens (tertiary/aromatic N) is 1. The van der Waals surface area contributed by atoms with Crippen molar-refractivity contribution >= 4 is 37.8 Å². The molecule has 0 aromatic heterocycles. The van der Waals surface area contributed by atoms with E-state index >= 15 is 0 Å². The molecule has 3 aromatic rings. The molecule has 1 aliphatic rings. The first-order chi connectivity index (χ1) is 20.4. The number of anilines is 2. The van der Waals surface area contributed by atoms with Gasteiger partial charge in [0.1, 0.15) is 6.10 Å². The number of hydrogen-bond donors (Lipinski definition) is 2. The van der Waals surface area contributed by atoms with Gasteiger partial charge >= 0.3 is 6.09 Å². The Morgan fingerprint density at radius 3 is 2.28 bits per heavy atom. The molecule has 1 saturated heterocycles. The van der Waals surface area contributed by atoms with Crippen LogP contribution in [0.3, 0.4) is 0 Å². The number of carbonyl (C=O) groups excluding carboxylic acids is 2. The number of likely N-dealkylation sites (tertiary alicyclic amines) is 1. The standard InChI is InChI=1S/C35H45N3O4Si/c1-35(2,3)43(5,6)41-25-27-12-16-29(17-13-27)36-33(39)19-15-26-14-18-31(28-10-8-7-9-11-28)32(24-26)37-34(40)42-30-20-22-38(4)23-21-30/h7-19,24,30H,20-23,25H2,1-6H3,(H,36,39)(H,37,40)/b19-15+. The molecule has 43 heavy (non-hydrogen) atoms.